The van der Waals surface area contributed by atoms with Crippen molar-refractivity contribution in [3.05, 3.63) is 0 Å². The van der Waals surface area contributed by atoms with Crippen LogP contribution in [-0.2, 0) is 28.6 Å². The third-order valence-electron chi connectivity index (χ3n) is 11.4. The molecule has 6 nitrogen and oxygen atoms in total. The number of ether oxygens (including phenoxy) is 3. The van der Waals surface area contributed by atoms with Crippen LogP contribution in [0.25, 0.3) is 0 Å². The van der Waals surface area contributed by atoms with Gasteiger partial charge in [0.05, 0.1) is 0 Å². The summed E-state index contributed by atoms with van der Waals surface area (Å²) in [6.07, 6.45) is 40.9. The minimum absolute atomic E-state index is 0.0653. The summed E-state index contributed by atoms with van der Waals surface area (Å²) in [7, 11) is 0. The Morgan fingerprint density at radius 3 is 0.754 bits per heavy atom. The molecule has 0 rings (SSSR count). The molecule has 0 spiro atoms. The summed E-state index contributed by atoms with van der Waals surface area (Å²) in [4.78, 5) is 37.9. The zero-order chi connectivity index (χ0) is 42.0. The maximum atomic E-state index is 12.8. The molecule has 0 aromatic heterocycles. The lowest BCUT2D eigenvalue weighted by Gasteiger charge is -2.18. The number of esters is 3. The van der Waals surface area contributed by atoms with Gasteiger partial charge in [-0.05, 0) is 37.0 Å². The van der Waals surface area contributed by atoms with Gasteiger partial charge < -0.3 is 14.2 Å². The highest BCUT2D eigenvalue weighted by Gasteiger charge is 2.19. The molecular weight excluding hydrogens is 709 g/mol. The zero-order valence-corrected chi connectivity index (χ0v) is 39.1. The molecule has 0 N–H and O–H groups in total. The molecular formula is C51H98O6. The lowest BCUT2D eigenvalue weighted by atomic mass is 10.0. The predicted octanol–water partition coefficient (Wildman–Crippen LogP) is 16.0. The van der Waals surface area contributed by atoms with E-state index in [4.69, 9.17) is 14.2 Å². The maximum absolute atomic E-state index is 12.8. The lowest BCUT2D eigenvalue weighted by molar-refractivity contribution is -0.167. The van der Waals surface area contributed by atoms with Crippen molar-refractivity contribution >= 4 is 17.9 Å². The van der Waals surface area contributed by atoms with Crippen LogP contribution in [0.5, 0.6) is 0 Å². The van der Waals surface area contributed by atoms with E-state index in [0.29, 0.717) is 19.3 Å². The highest BCUT2D eigenvalue weighted by Crippen LogP contribution is 2.17. The molecule has 0 fully saturated rings. The lowest BCUT2D eigenvalue weighted by Crippen LogP contribution is -2.30. The number of carbonyl (C=O) groups excluding carboxylic acids is 3. The van der Waals surface area contributed by atoms with Crippen LogP contribution in [0, 0.1) is 17.8 Å². The first-order valence-corrected chi connectivity index (χ1v) is 25.1. The number of hydrogen-bond acceptors (Lipinski definition) is 6. The third kappa shape index (κ3) is 45.3. The molecule has 0 unspecified atom stereocenters. The van der Waals surface area contributed by atoms with Gasteiger partial charge in [0, 0.05) is 19.3 Å². The van der Waals surface area contributed by atoms with Crippen LogP contribution in [0.1, 0.15) is 273 Å². The Hall–Kier alpha value is -1.59. The van der Waals surface area contributed by atoms with Gasteiger partial charge in [-0.25, -0.2) is 0 Å². The minimum atomic E-state index is -0.762. The Morgan fingerprint density at radius 1 is 0.298 bits per heavy atom. The first-order chi connectivity index (χ1) is 27.6. The SMILES string of the molecule is CC(C)CCCCCCCCCCCCCCC(=O)O[C@H](COC(=O)CCCCCCCCCCCCC(C)C)COC(=O)CCCCCCCCCCC(C)C. The molecule has 0 amide bonds. The number of carbonyl (C=O) groups is 3. The molecule has 0 radical (unpaired) electrons. The first-order valence-electron chi connectivity index (χ1n) is 25.1. The van der Waals surface area contributed by atoms with E-state index < -0.39 is 6.10 Å². The summed E-state index contributed by atoms with van der Waals surface area (Å²) in [6.45, 7) is 13.7. The fourth-order valence-electron chi connectivity index (χ4n) is 7.59. The van der Waals surface area contributed by atoms with Crippen molar-refractivity contribution in [1.29, 1.82) is 0 Å². The summed E-state index contributed by atoms with van der Waals surface area (Å²) >= 11 is 0. The van der Waals surface area contributed by atoms with Crippen molar-refractivity contribution in [3.8, 4) is 0 Å². The van der Waals surface area contributed by atoms with Crippen molar-refractivity contribution < 1.29 is 28.6 Å². The van der Waals surface area contributed by atoms with Crippen LogP contribution in [0.4, 0.5) is 0 Å². The van der Waals surface area contributed by atoms with Gasteiger partial charge in [0.15, 0.2) is 6.10 Å². The number of unbranched alkanes of at least 4 members (excludes halogenated alkanes) is 27. The average molecular weight is 807 g/mol. The molecule has 1 atom stereocenters. The van der Waals surface area contributed by atoms with Crippen molar-refractivity contribution in [2.45, 2.75) is 279 Å². The van der Waals surface area contributed by atoms with Gasteiger partial charge in [0.2, 0.25) is 0 Å². The minimum Gasteiger partial charge on any atom is -0.462 e. The highest BCUT2D eigenvalue weighted by atomic mass is 16.6. The van der Waals surface area contributed by atoms with Gasteiger partial charge in [-0.2, -0.15) is 0 Å². The zero-order valence-electron chi connectivity index (χ0n) is 39.1. The van der Waals surface area contributed by atoms with E-state index in [1.807, 2.05) is 0 Å². The molecule has 0 aromatic rings. The Bertz CT molecular complexity index is 883. The first kappa shape index (κ1) is 55.4. The molecule has 0 bridgehead atoms. The van der Waals surface area contributed by atoms with Gasteiger partial charge in [0.25, 0.3) is 0 Å². The van der Waals surface area contributed by atoms with Crippen LogP contribution < -0.4 is 0 Å². The van der Waals surface area contributed by atoms with Crippen LogP contribution in [0.15, 0.2) is 0 Å². The summed E-state index contributed by atoms with van der Waals surface area (Å²) in [6, 6.07) is 0. The van der Waals surface area contributed by atoms with Crippen molar-refractivity contribution in [3.63, 3.8) is 0 Å². The molecule has 0 aliphatic carbocycles. The third-order valence-corrected chi connectivity index (χ3v) is 11.4. The molecule has 0 saturated carbocycles. The van der Waals surface area contributed by atoms with E-state index in [1.165, 1.54) is 154 Å². The van der Waals surface area contributed by atoms with Gasteiger partial charge in [-0.15, -0.1) is 0 Å². The summed E-state index contributed by atoms with van der Waals surface area (Å²) in [5.41, 5.74) is 0. The molecule has 57 heavy (non-hydrogen) atoms. The van der Waals surface area contributed by atoms with E-state index in [1.54, 1.807) is 0 Å². The van der Waals surface area contributed by atoms with Crippen molar-refractivity contribution in [2.24, 2.45) is 17.8 Å². The Labute approximate surface area is 355 Å². The van der Waals surface area contributed by atoms with Gasteiger partial charge >= 0.3 is 17.9 Å². The molecule has 0 aromatic carbocycles. The molecule has 0 aliphatic rings. The molecule has 0 aliphatic heterocycles. The van der Waals surface area contributed by atoms with E-state index in [9.17, 15) is 14.4 Å². The largest absolute Gasteiger partial charge is 0.462 e. The summed E-state index contributed by atoms with van der Waals surface area (Å²) in [5.74, 6) is 1.59. The standard InChI is InChI=1S/C51H98O6/c1-45(2)37-31-25-19-13-9-7-8-10-16-24-30-36-42-51(54)57-48(44-56-50(53)41-35-29-23-18-17-21-27-33-39-47(5)6)43-55-49(52)40-34-28-22-15-12-11-14-20-26-32-38-46(3)4/h45-48H,7-44H2,1-6H3/t48-/m1/s1. The average Bonchev–Trinajstić information content (AvgIpc) is 3.16. The Balaban J connectivity index is 4.33. The molecule has 0 saturated heterocycles. The van der Waals surface area contributed by atoms with Crippen LogP contribution >= 0.6 is 0 Å². The second kappa shape index (κ2) is 42.5. The van der Waals surface area contributed by atoms with E-state index in [-0.39, 0.29) is 31.1 Å². The van der Waals surface area contributed by atoms with Gasteiger partial charge in [-0.1, -0.05) is 234 Å². The second-order valence-electron chi connectivity index (χ2n) is 18.9. The second-order valence-corrected chi connectivity index (χ2v) is 18.9. The van der Waals surface area contributed by atoms with Crippen molar-refractivity contribution in [1.82, 2.24) is 0 Å². The Kier molecular flexibility index (Phi) is 41.3. The van der Waals surface area contributed by atoms with E-state index in [2.05, 4.69) is 41.5 Å². The quantitative estimate of drug-likeness (QED) is 0.0347. The fraction of sp³-hybridized carbons (Fsp3) is 0.941. The molecule has 338 valence electrons. The molecule has 0 heterocycles. The van der Waals surface area contributed by atoms with Gasteiger partial charge in [0.1, 0.15) is 13.2 Å². The normalized spacial score (nSPS) is 12.2. The monoisotopic (exact) mass is 807 g/mol. The van der Waals surface area contributed by atoms with Crippen LogP contribution in [-0.4, -0.2) is 37.2 Å². The maximum Gasteiger partial charge on any atom is 0.306 e. The topological polar surface area (TPSA) is 78.9 Å². The van der Waals surface area contributed by atoms with E-state index in [0.717, 1.165) is 75.5 Å². The van der Waals surface area contributed by atoms with Gasteiger partial charge in [-0.3, -0.25) is 14.4 Å². The molecule has 6 heteroatoms. The summed E-state index contributed by atoms with van der Waals surface area (Å²) < 4.78 is 16.8. The van der Waals surface area contributed by atoms with Crippen LogP contribution in [0.3, 0.4) is 0 Å². The van der Waals surface area contributed by atoms with E-state index >= 15 is 0 Å². The Morgan fingerprint density at radius 2 is 0.509 bits per heavy atom. The fourth-order valence-corrected chi connectivity index (χ4v) is 7.59. The van der Waals surface area contributed by atoms with Crippen molar-refractivity contribution in [2.75, 3.05) is 13.2 Å². The van der Waals surface area contributed by atoms with Crippen LogP contribution in [0.2, 0.25) is 0 Å². The predicted molar refractivity (Wildman–Crippen MR) is 243 cm³/mol. The number of hydrogen-bond donors (Lipinski definition) is 0. The highest BCUT2D eigenvalue weighted by molar-refractivity contribution is 5.71. The number of rotatable bonds is 44. The smallest absolute Gasteiger partial charge is 0.306 e. The summed E-state index contributed by atoms with van der Waals surface area (Å²) in [5, 5.41) is 0.